The Hall–Kier alpha value is -3.31. The molecule has 2 aromatic rings. The van der Waals surface area contributed by atoms with Gasteiger partial charge in [-0.3, -0.25) is 14.4 Å². The minimum absolute atomic E-state index is 0.237. The smallest absolute Gasteiger partial charge is 0.324 e. The molecule has 0 fully saturated rings. The van der Waals surface area contributed by atoms with E-state index in [0.717, 1.165) is 12.1 Å². The minimum atomic E-state index is -4.34. The molecule has 0 spiro atoms. The number of halogens is 1. The highest BCUT2D eigenvalue weighted by Gasteiger charge is 2.31. The van der Waals surface area contributed by atoms with E-state index in [0.29, 0.717) is 11.4 Å². The molecule has 11 heteroatoms. The lowest BCUT2D eigenvalue weighted by atomic mass is 10.1. The van der Waals surface area contributed by atoms with Crippen LogP contribution in [0.1, 0.15) is 20.8 Å². The van der Waals surface area contributed by atoms with Crippen molar-refractivity contribution < 1.29 is 31.9 Å². The summed E-state index contributed by atoms with van der Waals surface area (Å²) in [4.78, 5) is 34.9. The second kappa shape index (κ2) is 10.8. The van der Waals surface area contributed by atoms with Gasteiger partial charge in [0.05, 0.1) is 0 Å². The number of nitrogens with one attached hydrogen (secondary N) is 3. The van der Waals surface area contributed by atoms with Crippen molar-refractivity contribution in [1.29, 1.82) is 0 Å². The lowest BCUT2D eigenvalue weighted by Gasteiger charge is -2.21. The Morgan fingerprint density at radius 3 is 2.06 bits per heavy atom. The van der Waals surface area contributed by atoms with Crippen molar-refractivity contribution in [3.05, 3.63) is 54.3 Å². The van der Waals surface area contributed by atoms with Gasteiger partial charge in [-0.05, 0) is 42.3 Å². The van der Waals surface area contributed by atoms with Gasteiger partial charge in [-0.25, -0.2) is 12.8 Å². The van der Waals surface area contributed by atoms with Crippen molar-refractivity contribution in [2.45, 2.75) is 31.7 Å². The molecule has 2 amide bonds. The third-order valence-electron chi connectivity index (χ3n) is 4.16. The third-order valence-corrected chi connectivity index (χ3v) is 5.64. The van der Waals surface area contributed by atoms with Gasteiger partial charge in [0.15, 0.2) is 6.61 Å². The number of carbonyl (C=O) groups is 3. The van der Waals surface area contributed by atoms with Crippen LogP contribution in [0.2, 0.25) is 0 Å². The fourth-order valence-corrected chi connectivity index (χ4v) is 4.03. The molecule has 172 valence electrons. The normalized spacial score (nSPS) is 12.2. The largest absolute Gasteiger partial charge is 0.454 e. The van der Waals surface area contributed by atoms with E-state index in [9.17, 15) is 27.2 Å². The number of sulfonamides is 1. The molecule has 0 unspecified atom stereocenters. The second-order valence-electron chi connectivity index (χ2n) is 7.19. The molecule has 32 heavy (non-hydrogen) atoms. The Morgan fingerprint density at radius 1 is 0.969 bits per heavy atom. The SMILES string of the molecule is CC(=O)Nc1ccc(NC(=O)COC(=O)[C@@H](NS(=O)(=O)c2ccccc2F)C(C)C)cc1. The van der Waals surface area contributed by atoms with E-state index in [1.54, 1.807) is 38.1 Å². The molecule has 2 rings (SSSR count). The van der Waals surface area contributed by atoms with Crippen molar-refractivity contribution in [2.75, 3.05) is 17.2 Å². The number of hydrogen-bond donors (Lipinski definition) is 3. The maximum absolute atomic E-state index is 13.9. The van der Waals surface area contributed by atoms with Gasteiger partial charge in [0.1, 0.15) is 16.8 Å². The van der Waals surface area contributed by atoms with Gasteiger partial charge in [-0.15, -0.1) is 0 Å². The zero-order valence-corrected chi connectivity index (χ0v) is 18.5. The van der Waals surface area contributed by atoms with Crippen LogP contribution >= 0.6 is 0 Å². The first kappa shape index (κ1) is 25.0. The Bertz CT molecular complexity index is 1090. The molecule has 9 nitrogen and oxygen atoms in total. The Kier molecular flexibility index (Phi) is 8.44. The van der Waals surface area contributed by atoms with E-state index in [-0.39, 0.29) is 5.91 Å². The summed E-state index contributed by atoms with van der Waals surface area (Å²) in [5.41, 5.74) is 0.949. The molecular formula is C21H24FN3O6S. The molecule has 0 aromatic heterocycles. The van der Waals surface area contributed by atoms with Crippen molar-refractivity contribution in [3.8, 4) is 0 Å². The monoisotopic (exact) mass is 465 g/mol. The number of hydrogen-bond acceptors (Lipinski definition) is 6. The first-order valence-electron chi connectivity index (χ1n) is 9.60. The van der Waals surface area contributed by atoms with Crippen LogP contribution in [-0.4, -0.2) is 38.9 Å². The summed E-state index contributed by atoms with van der Waals surface area (Å²) >= 11 is 0. The molecule has 2 aromatic carbocycles. The average Bonchev–Trinajstić information content (AvgIpc) is 2.71. The molecule has 0 saturated carbocycles. The number of rotatable bonds is 9. The molecule has 1 atom stereocenters. The third kappa shape index (κ3) is 7.13. The van der Waals surface area contributed by atoms with Gasteiger partial charge in [0, 0.05) is 18.3 Å². The first-order valence-corrected chi connectivity index (χ1v) is 11.1. The predicted molar refractivity (Wildman–Crippen MR) is 116 cm³/mol. The van der Waals surface area contributed by atoms with Crippen molar-refractivity contribution in [3.63, 3.8) is 0 Å². The summed E-state index contributed by atoms with van der Waals surface area (Å²) in [6, 6.07) is 9.68. The quantitative estimate of drug-likeness (QED) is 0.487. The predicted octanol–water partition coefficient (Wildman–Crippen LogP) is 2.27. The van der Waals surface area contributed by atoms with E-state index in [1.165, 1.54) is 19.1 Å². The van der Waals surface area contributed by atoms with Crippen LogP contribution in [-0.2, 0) is 29.1 Å². The second-order valence-corrected chi connectivity index (χ2v) is 8.87. The fraction of sp³-hybridized carbons (Fsp3) is 0.286. The number of amides is 2. The molecule has 0 heterocycles. The first-order chi connectivity index (χ1) is 15.0. The Balaban J connectivity index is 1.97. The van der Waals surface area contributed by atoms with Crippen LogP contribution in [0.5, 0.6) is 0 Å². The number of anilines is 2. The van der Waals surface area contributed by atoms with Gasteiger partial charge in [0.2, 0.25) is 15.9 Å². The van der Waals surface area contributed by atoms with Gasteiger partial charge < -0.3 is 15.4 Å². The molecular weight excluding hydrogens is 441 g/mol. The van der Waals surface area contributed by atoms with Gasteiger partial charge in [0.25, 0.3) is 5.91 Å². The summed E-state index contributed by atoms with van der Waals surface area (Å²) < 4.78 is 45.9. The van der Waals surface area contributed by atoms with E-state index in [1.807, 2.05) is 0 Å². The molecule has 0 aliphatic carbocycles. The van der Waals surface area contributed by atoms with Crippen LogP contribution in [0, 0.1) is 11.7 Å². The highest BCUT2D eigenvalue weighted by Crippen LogP contribution is 2.16. The molecule has 0 aliphatic rings. The number of carbonyl (C=O) groups excluding carboxylic acids is 3. The Morgan fingerprint density at radius 2 is 1.53 bits per heavy atom. The van der Waals surface area contributed by atoms with Crippen LogP contribution in [0.3, 0.4) is 0 Å². The summed E-state index contributed by atoms with van der Waals surface area (Å²) in [5.74, 6) is -3.35. The average molecular weight is 466 g/mol. The van der Waals surface area contributed by atoms with Crippen LogP contribution in [0.4, 0.5) is 15.8 Å². The lowest BCUT2D eigenvalue weighted by Crippen LogP contribution is -2.46. The fourth-order valence-electron chi connectivity index (χ4n) is 2.61. The molecule has 3 N–H and O–H groups in total. The van der Waals surface area contributed by atoms with Crippen LogP contribution in [0.25, 0.3) is 0 Å². The summed E-state index contributed by atoms with van der Waals surface area (Å²) in [7, 11) is -4.34. The van der Waals surface area contributed by atoms with Crippen LogP contribution in [0.15, 0.2) is 53.4 Å². The molecule has 0 bridgehead atoms. The molecule has 0 aliphatic heterocycles. The maximum Gasteiger partial charge on any atom is 0.324 e. The van der Waals surface area contributed by atoms with Crippen molar-refractivity contribution >= 4 is 39.2 Å². The summed E-state index contributed by atoms with van der Waals surface area (Å²) in [5, 5.41) is 5.09. The lowest BCUT2D eigenvalue weighted by molar-refractivity contribution is -0.150. The maximum atomic E-state index is 13.9. The van der Waals surface area contributed by atoms with E-state index in [4.69, 9.17) is 4.74 Å². The number of ether oxygens (including phenoxy) is 1. The van der Waals surface area contributed by atoms with Crippen molar-refractivity contribution in [1.82, 2.24) is 4.72 Å². The van der Waals surface area contributed by atoms with Gasteiger partial charge in [-0.1, -0.05) is 26.0 Å². The zero-order chi connectivity index (χ0) is 23.9. The zero-order valence-electron chi connectivity index (χ0n) is 17.7. The minimum Gasteiger partial charge on any atom is -0.454 e. The molecule has 0 saturated heterocycles. The number of benzene rings is 2. The Labute approximate surface area is 185 Å². The van der Waals surface area contributed by atoms with Gasteiger partial charge >= 0.3 is 5.97 Å². The summed E-state index contributed by atoms with van der Waals surface area (Å²) in [6.07, 6.45) is 0. The van der Waals surface area contributed by atoms with Crippen LogP contribution < -0.4 is 15.4 Å². The topological polar surface area (TPSA) is 131 Å². The standard InChI is InChI=1S/C21H24FN3O6S/c1-13(2)20(25-32(29,30)18-7-5-4-6-17(18)22)21(28)31-12-19(27)24-16-10-8-15(9-11-16)23-14(3)26/h4-11,13,20,25H,12H2,1-3H3,(H,23,26)(H,24,27)/t20-/m0/s1. The molecule has 0 radical (unpaired) electrons. The van der Waals surface area contributed by atoms with E-state index >= 15 is 0 Å². The summed E-state index contributed by atoms with van der Waals surface area (Å²) in [6.45, 7) is 3.86. The highest BCUT2D eigenvalue weighted by atomic mass is 32.2. The van der Waals surface area contributed by atoms with E-state index in [2.05, 4.69) is 15.4 Å². The number of esters is 1. The van der Waals surface area contributed by atoms with E-state index < -0.39 is 51.2 Å². The van der Waals surface area contributed by atoms with Crippen molar-refractivity contribution in [2.24, 2.45) is 5.92 Å². The van der Waals surface area contributed by atoms with Gasteiger partial charge in [-0.2, -0.15) is 4.72 Å². The highest BCUT2D eigenvalue weighted by molar-refractivity contribution is 7.89.